The fraction of sp³-hybridized carbons (Fsp3) is 0.462. The maximum absolute atomic E-state index is 13.6. The van der Waals surface area contributed by atoms with Crippen LogP contribution in [0.4, 0.5) is 4.39 Å². The molecular weight excluding hydrogens is 221 g/mol. The van der Waals surface area contributed by atoms with Gasteiger partial charge in [-0.1, -0.05) is 18.2 Å². The van der Waals surface area contributed by atoms with Gasteiger partial charge in [0, 0.05) is 18.2 Å². The molecule has 1 atom stereocenters. The lowest BCUT2D eigenvalue weighted by Gasteiger charge is -2.16. The van der Waals surface area contributed by atoms with Crippen molar-refractivity contribution in [1.29, 1.82) is 0 Å². The molecule has 0 bridgehead atoms. The highest BCUT2D eigenvalue weighted by Gasteiger charge is 2.28. The predicted octanol–water partition coefficient (Wildman–Crippen LogP) is 1.83. The monoisotopic (exact) mass is 237 g/mol. The van der Waals surface area contributed by atoms with E-state index in [1.807, 2.05) is 0 Å². The molecule has 3 nitrogen and oxygen atoms in total. The van der Waals surface area contributed by atoms with Crippen molar-refractivity contribution >= 4 is 5.97 Å². The van der Waals surface area contributed by atoms with Crippen molar-refractivity contribution in [2.24, 2.45) is 0 Å². The van der Waals surface area contributed by atoms with E-state index in [1.165, 1.54) is 13.2 Å². The number of halogens is 1. The third kappa shape index (κ3) is 3.03. The Kier molecular flexibility index (Phi) is 3.74. The van der Waals surface area contributed by atoms with Gasteiger partial charge in [-0.05, 0) is 18.9 Å². The van der Waals surface area contributed by atoms with E-state index in [4.69, 9.17) is 4.74 Å². The maximum Gasteiger partial charge on any atom is 0.314 e. The summed E-state index contributed by atoms with van der Waals surface area (Å²) < 4.78 is 18.4. The van der Waals surface area contributed by atoms with Crippen molar-refractivity contribution in [3.63, 3.8) is 0 Å². The van der Waals surface area contributed by atoms with Crippen molar-refractivity contribution in [3.05, 3.63) is 35.6 Å². The van der Waals surface area contributed by atoms with Crippen LogP contribution in [0.3, 0.4) is 0 Å². The lowest BCUT2D eigenvalue weighted by molar-refractivity contribution is -0.142. The average Bonchev–Trinajstić information content (AvgIpc) is 3.15. The maximum atomic E-state index is 13.6. The fourth-order valence-electron chi connectivity index (χ4n) is 1.79. The van der Waals surface area contributed by atoms with E-state index in [9.17, 15) is 9.18 Å². The summed E-state index contributed by atoms with van der Waals surface area (Å²) in [5.41, 5.74) is 0.396. The standard InChI is InChI=1S/C13H16FNO2/c1-17-13(16)11(8-15-9-6-7-9)10-4-2-3-5-12(10)14/h2-5,9,11,15H,6-8H2,1H3. The second-order valence-electron chi connectivity index (χ2n) is 4.28. The zero-order valence-electron chi connectivity index (χ0n) is 9.78. The molecule has 17 heavy (non-hydrogen) atoms. The molecule has 2 rings (SSSR count). The second kappa shape index (κ2) is 5.27. The number of ether oxygens (including phenoxy) is 1. The number of carbonyl (C=O) groups is 1. The molecule has 0 aromatic heterocycles. The molecule has 92 valence electrons. The Labute approximate surface area is 100.0 Å². The van der Waals surface area contributed by atoms with Gasteiger partial charge in [-0.25, -0.2) is 4.39 Å². The van der Waals surface area contributed by atoms with Crippen molar-refractivity contribution < 1.29 is 13.9 Å². The number of hydrogen-bond donors (Lipinski definition) is 1. The van der Waals surface area contributed by atoms with Gasteiger partial charge in [0.1, 0.15) is 5.82 Å². The summed E-state index contributed by atoms with van der Waals surface area (Å²) in [5, 5.41) is 3.23. The Bertz CT molecular complexity index is 404. The van der Waals surface area contributed by atoms with Gasteiger partial charge >= 0.3 is 5.97 Å². The molecule has 1 N–H and O–H groups in total. The second-order valence-corrected chi connectivity index (χ2v) is 4.28. The Morgan fingerprint density at radius 2 is 2.24 bits per heavy atom. The van der Waals surface area contributed by atoms with Crippen LogP contribution in [0, 0.1) is 5.82 Å². The number of rotatable bonds is 5. The molecule has 0 spiro atoms. The number of carbonyl (C=O) groups excluding carboxylic acids is 1. The lowest BCUT2D eigenvalue weighted by atomic mass is 9.98. The molecule has 4 heteroatoms. The van der Waals surface area contributed by atoms with Gasteiger partial charge in [-0.15, -0.1) is 0 Å². The smallest absolute Gasteiger partial charge is 0.314 e. The molecule has 1 aromatic rings. The van der Waals surface area contributed by atoms with Gasteiger partial charge in [0.25, 0.3) is 0 Å². The van der Waals surface area contributed by atoms with E-state index in [2.05, 4.69) is 5.32 Å². The average molecular weight is 237 g/mol. The van der Waals surface area contributed by atoms with E-state index in [1.54, 1.807) is 18.2 Å². The summed E-state index contributed by atoms with van der Waals surface area (Å²) in [6.45, 7) is 0.429. The molecule has 0 heterocycles. The molecule has 1 aliphatic rings. The first-order valence-corrected chi connectivity index (χ1v) is 5.78. The summed E-state index contributed by atoms with van der Waals surface area (Å²) in [5.74, 6) is -1.33. The SMILES string of the molecule is COC(=O)C(CNC1CC1)c1ccccc1F. The summed E-state index contributed by atoms with van der Waals surface area (Å²) in [6, 6.07) is 6.81. The van der Waals surface area contributed by atoms with Gasteiger partial charge in [-0.3, -0.25) is 4.79 Å². The number of nitrogens with one attached hydrogen (secondary N) is 1. The van der Waals surface area contributed by atoms with Gasteiger partial charge < -0.3 is 10.1 Å². The van der Waals surface area contributed by atoms with Gasteiger partial charge in [0.05, 0.1) is 13.0 Å². The molecule has 1 aliphatic carbocycles. The largest absolute Gasteiger partial charge is 0.469 e. The lowest BCUT2D eigenvalue weighted by Crippen LogP contribution is -2.29. The van der Waals surface area contributed by atoms with Crippen molar-refractivity contribution in [2.75, 3.05) is 13.7 Å². The van der Waals surface area contributed by atoms with Crippen LogP contribution in [0.25, 0.3) is 0 Å². The number of benzene rings is 1. The summed E-state index contributed by atoms with van der Waals surface area (Å²) in [6.07, 6.45) is 2.26. The molecule has 0 amide bonds. The van der Waals surface area contributed by atoms with Gasteiger partial charge in [0.15, 0.2) is 0 Å². The van der Waals surface area contributed by atoms with Crippen LogP contribution in [0.2, 0.25) is 0 Å². The first-order valence-electron chi connectivity index (χ1n) is 5.78. The van der Waals surface area contributed by atoms with E-state index >= 15 is 0 Å². The van der Waals surface area contributed by atoms with E-state index in [0.29, 0.717) is 18.2 Å². The molecular formula is C13H16FNO2. The van der Waals surface area contributed by atoms with Crippen LogP contribution in [0.15, 0.2) is 24.3 Å². The minimum Gasteiger partial charge on any atom is -0.469 e. The number of methoxy groups -OCH3 is 1. The molecule has 1 aromatic carbocycles. The Balaban J connectivity index is 2.13. The van der Waals surface area contributed by atoms with Gasteiger partial charge in [-0.2, -0.15) is 0 Å². The van der Waals surface area contributed by atoms with Crippen LogP contribution in [-0.2, 0) is 9.53 Å². The zero-order chi connectivity index (χ0) is 12.3. The topological polar surface area (TPSA) is 38.3 Å². The highest BCUT2D eigenvalue weighted by molar-refractivity contribution is 5.78. The molecule has 0 radical (unpaired) electrons. The van der Waals surface area contributed by atoms with Gasteiger partial charge in [0.2, 0.25) is 0 Å². The molecule has 1 fully saturated rings. The first-order chi connectivity index (χ1) is 8.22. The van der Waals surface area contributed by atoms with Crippen LogP contribution < -0.4 is 5.32 Å². The third-order valence-corrected chi connectivity index (χ3v) is 2.95. The van der Waals surface area contributed by atoms with E-state index < -0.39 is 11.9 Å². The van der Waals surface area contributed by atoms with Crippen LogP contribution in [0.1, 0.15) is 24.3 Å². The van der Waals surface area contributed by atoms with Crippen molar-refractivity contribution in [2.45, 2.75) is 24.8 Å². The predicted molar refractivity (Wildman–Crippen MR) is 62.2 cm³/mol. The summed E-state index contributed by atoms with van der Waals surface area (Å²) in [4.78, 5) is 11.7. The molecule has 0 saturated heterocycles. The zero-order valence-corrected chi connectivity index (χ0v) is 9.78. The number of esters is 1. The summed E-state index contributed by atoms with van der Waals surface area (Å²) >= 11 is 0. The fourth-order valence-corrected chi connectivity index (χ4v) is 1.79. The minimum atomic E-state index is -0.568. The molecule has 0 aliphatic heterocycles. The third-order valence-electron chi connectivity index (χ3n) is 2.95. The highest BCUT2D eigenvalue weighted by Crippen LogP contribution is 2.23. The number of hydrogen-bond acceptors (Lipinski definition) is 3. The normalized spacial score (nSPS) is 16.6. The highest BCUT2D eigenvalue weighted by atomic mass is 19.1. The summed E-state index contributed by atoms with van der Waals surface area (Å²) in [7, 11) is 1.33. The van der Waals surface area contributed by atoms with E-state index in [0.717, 1.165) is 12.8 Å². The van der Waals surface area contributed by atoms with Crippen LogP contribution >= 0.6 is 0 Å². The van der Waals surface area contributed by atoms with Crippen LogP contribution in [-0.4, -0.2) is 25.7 Å². The van der Waals surface area contributed by atoms with E-state index in [-0.39, 0.29) is 5.82 Å². The Morgan fingerprint density at radius 3 is 2.82 bits per heavy atom. The molecule has 1 unspecified atom stereocenters. The molecule has 1 saturated carbocycles. The Hall–Kier alpha value is -1.42. The van der Waals surface area contributed by atoms with Crippen molar-refractivity contribution in [1.82, 2.24) is 5.32 Å². The van der Waals surface area contributed by atoms with Crippen LogP contribution in [0.5, 0.6) is 0 Å². The Morgan fingerprint density at radius 1 is 1.53 bits per heavy atom. The van der Waals surface area contributed by atoms with Crippen molar-refractivity contribution in [3.8, 4) is 0 Å². The minimum absolute atomic E-state index is 0.361. The quantitative estimate of drug-likeness (QED) is 0.794. The first kappa shape index (κ1) is 12.0.